The first-order valence-electron chi connectivity index (χ1n) is 17.8. The lowest BCUT2D eigenvalue weighted by Crippen LogP contribution is -2.36. The van der Waals surface area contributed by atoms with Crippen LogP contribution in [0.1, 0.15) is 155 Å². The van der Waals surface area contributed by atoms with E-state index < -0.39 is 0 Å². The maximum Gasteiger partial charge on any atom is 0.0667 e. The van der Waals surface area contributed by atoms with E-state index in [1.807, 2.05) is 0 Å². The van der Waals surface area contributed by atoms with Crippen LogP contribution in [0.2, 0.25) is 0 Å². The summed E-state index contributed by atoms with van der Waals surface area (Å²) in [6.07, 6.45) is 26.5. The number of nitrogens with zero attached hydrogens (tertiary/aromatic N) is 2. The molecule has 242 valence electrons. The molecule has 0 rings (SSSR count). The van der Waals surface area contributed by atoms with Crippen LogP contribution in [0.4, 0.5) is 0 Å². The van der Waals surface area contributed by atoms with Crippen molar-refractivity contribution in [3.63, 3.8) is 0 Å². The van der Waals surface area contributed by atoms with E-state index in [2.05, 4.69) is 23.6 Å². The highest BCUT2D eigenvalue weighted by atomic mass is 16.3. The smallest absolute Gasteiger partial charge is 0.0667 e. The van der Waals surface area contributed by atoms with Gasteiger partial charge in [0.1, 0.15) is 0 Å². The Morgan fingerprint density at radius 1 is 0.425 bits per heavy atom. The molecule has 0 aliphatic heterocycles. The maximum atomic E-state index is 10.7. The second-order valence-electron chi connectivity index (χ2n) is 12.4. The lowest BCUT2D eigenvalue weighted by molar-refractivity contribution is 0.0939. The van der Waals surface area contributed by atoms with E-state index >= 15 is 0 Å². The summed E-state index contributed by atoms with van der Waals surface area (Å²) in [7, 11) is 0. The summed E-state index contributed by atoms with van der Waals surface area (Å²) in [5, 5.41) is 21.3. The molecular formula is C34H74N4O2. The normalized spacial score (nSPS) is 13.5. The molecule has 0 saturated heterocycles. The number of nitrogens with two attached hydrogens (primary N) is 2. The van der Waals surface area contributed by atoms with Crippen molar-refractivity contribution in [3.8, 4) is 0 Å². The monoisotopic (exact) mass is 571 g/mol. The van der Waals surface area contributed by atoms with Crippen molar-refractivity contribution in [3.05, 3.63) is 0 Å². The zero-order valence-corrected chi connectivity index (χ0v) is 27.3. The van der Waals surface area contributed by atoms with E-state index in [9.17, 15) is 10.2 Å². The molecule has 0 aliphatic carbocycles. The molecule has 0 aliphatic rings. The van der Waals surface area contributed by atoms with Crippen LogP contribution in [0, 0.1) is 0 Å². The summed E-state index contributed by atoms with van der Waals surface area (Å²) in [6.45, 7) is 11.4. The van der Waals surface area contributed by atoms with Crippen molar-refractivity contribution in [2.24, 2.45) is 11.5 Å². The summed E-state index contributed by atoms with van der Waals surface area (Å²) >= 11 is 0. The van der Waals surface area contributed by atoms with Crippen molar-refractivity contribution in [1.82, 2.24) is 9.80 Å². The highest BCUT2D eigenvalue weighted by Crippen LogP contribution is 2.13. The van der Waals surface area contributed by atoms with E-state index in [1.54, 1.807) is 0 Å². The van der Waals surface area contributed by atoms with Crippen LogP contribution in [-0.4, -0.2) is 84.6 Å². The van der Waals surface area contributed by atoms with Gasteiger partial charge >= 0.3 is 0 Å². The van der Waals surface area contributed by atoms with Gasteiger partial charge in [0.15, 0.2) is 0 Å². The van der Waals surface area contributed by atoms with Crippen molar-refractivity contribution in [1.29, 1.82) is 0 Å². The predicted octanol–water partition coefficient (Wildman–Crippen LogP) is 6.85. The number of aliphatic hydroxyl groups is 2. The van der Waals surface area contributed by atoms with Crippen LogP contribution in [0.5, 0.6) is 0 Å². The number of rotatable bonds is 33. The fourth-order valence-corrected chi connectivity index (χ4v) is 5.70. The van der Waals surface area contributed by atoms with E-state index in [1.165, 1.54) is 89.9 Å². The maximum absolute atomic E-state index is 10.7. The quantitative estimate of drug-likeness (QED) is 0.0644. The van der Waals surface area contributed by atoms with Crippen LogP contribution in [0.25, 0.3) is 0 Å². The van der Waals surface area contributed by atoms with Gasteiger partial charge in [-0.3, -0.25) is 0 Å². The van der Waals surface area contributed by atoms with Crippen LogP contribution in [-0.2, 0) is 0 Å². The van der Waals surface area contributed by atoms with Gasteiger partial charge in [-0.2, -0.15) is 0 Å². The SMILES string of the molecule is CCCCCCCCCCC(O)CN(CCCN)CCCCN(CCCN)CC(O)CCCCCCCCCC. The third kappa shape index (κ3) is 27.9. The Hall–Kier alpha value is -0.240. The van der Waals surface area contributed by atoms with Crippen LogP contribution < -0.4 is 11.5 Å². The molecule has 2 atom stereocenters. The van der Waals surface area contributed by atoms with Gasteiger partial charge in [0.25, 0.3) is 0 Å². The molecule has 2 unspecified atom stereocenters. The largest absolute Gasteiger partial charge is 0.392 e. The minimum Gasteiger partial charge on any atom is -0.392 e. The molecule has 40 heavy (non-hydrogen) atoms. The first kappa shape index (κ1) is 39.8. The van der Waals surface area contributed by atoms with Crippen molar-refractivity contribution in [2.75, 3.05) is 52.4 Å². The molecule has 0 spiro atoms. The number of aliphatic hydroxyl groups excluding tert-OH is 2. The molecule has 0 amide bonds. The van der Waals surface area contributed by atoms with Gasteiger partial charge in [0, 0.05) is 13.1 Å². The average Bonchev–Trinajstić information content (AvgIpc) is 2.95. The Morgan fingerprint density at radius 2 is 0.725 bits per heavy atom. The van der Waals surface area contributed by atoms with Gasteiger partial charge in [-0.1, -0.05) is 117 Å². The number of unbranched alkanes of at least 4 members (excludes halogenated alkanes) is 15. The summed E-state index contributed by atoms with van der Waals surface area (Å²) in [5.41, 5.74) is 11.6. The average molecular weight is 571 g/mol. The van der Waals surface area contributed by atoms with Gasteiger partial charge < -0.3 is 31.5 Å². The van der Waals surface area contributed by atoms with Gasteiger partial charge in [-0.05, 0) is 77.8 Å². The Kier molecular flexibility index (Phi) is 31.5. The second kappa shape index (κ2) is 31.7. The first-order valence-corrected chi connectivity index (χ1v) is 17.8. The van der Waals surface area contributed by atoms with Gasteiger partial charge in [0.05, 0.1) is 12.2 Å². The summed E-state index contributed by atoms with van der Waals surface area (Å²) in [4.78, 5) is 4.84. The molecule has 0 aromatic heterocycles. The standard InChI is InChI=1S/C34H74N4O2/c1-3-5-7-9-11-13-15-17-23-33(39)31-37(29-21-25-35)27-19-20-28-38(30-22-26-36)32-34(40)24-18-16-14-12-10-8-6-4-2/h33-34,39-40H,3-32,35-36H2,1-2H3. The van der Waals surface area contributed by atoms with Crippen molar-refractivity contribution < 1.29 is 10.2 Å². The Labute approximate surface area is 251 Å². The predicted molar refractivity (Wildman–Crippen MR) is 176 cm³/mol. The number of hydrogen-bond donors (Lipinski definition) is 4. The van der Waals surface area contributed by atoms with E-state index in [-0.39, 0.29) is 12.2 Å². The Balaban J connectivity index is 4.21. The molecule has 6 heteroatoms. The van der Waals surface area contributed by atoms with Gasteiger partial charge in [-0.15, -0.1) is 0 Å². The minimum absolute atomic E-state index is 0.231. The number of hydrogen-bond acceptors (Lipinski definition) is 6. The van der Waals surface area contributed by atoms with E-state index in [0.717, 1.165) is 90.6 Å². The van der Waals surface area contributed by atoms with E-state index in [4.69, 9.17) is 11.5 Å². The van der Waals surface area contributed by atoms with Crippen LogP contribution >= 0.6 is 0 Å². The zero-order valence-electron chi connectivity index (χ0n) is 27.3. The molecule has 0 radical (unpaired) electrons. The molecule has 0 heterocycles. The Bertz CT molecular complexity index is 441. The minimum atomic E-state index is -0.231. The van der Waals surface area contributed by atoms with Crippen molar-refractivity contribution >= 4 is 0 Å². The molecule has 0 aromatic rings. The topological polar surface area (TPSA) is 99.0 Å². The summed E-state index contributed by atoms with van der Waals surface area (Å²) in [5.74, 6) is 0. The van der Waals surface area contributed by atoms with Crippen molar-refractivity contribution in [2.45, 2.75) is 167 Å². The fourth-order valence-electron chi connectivity index (χ4n) is 5.70. The molecule has 0 fully saturated rings. The van der Waals surface area contributed by atoms with Gasteiger partial charge in [0.2, 0.25) is 0 Å². The van der Waals surface area contributed by atoms with E-state index in [0.29, 0.717) is 13.1 Å². The third-order valence-corrected chi connectivity index (χ3v) is 8.28. The zero-order chi connectivity index (χ0) is 29.5. The summed E-state index contributed by atoms with van der Waals surface area (Å²) in [6, 6.07) is 0. The third-order valence-electron chi connectivity index (χ3n) is 8.28. The Morgan fingerprint density at radius 3 is 1.05 bits per heavy atom. The molecular weight excluding hydrogens is 496 g/mol. The highest BCUT2D eigenvalue weighted by molar-refractivity contribution is 4.69. The fraction of sp³-hybridized carbons (Fsp3) is 1.00. The van der Waals surface area contributed by atoms with Crippen LogP contribution in [0.15, 0.2) is 0 Å². The lowest BCUT2D eigenvalue weighted by atomic mass is 10.1. The summed E-state index contributed by atoms with van der Waals surface area (Å²) < 4.78 is 0. The highest BCUT2D eigenvalue weighted by Gasteiger charge is 2.14. The molecule has 0 aromatic carbocycles. The molecule has 6 nitrogen and oxygen atoms in total. The molecule has 0 saturated carbocycles. The first-order chi connectivity index (χ1) is 19.6. The molecule has 0 bridgehead atoms. The van der Waals surface area contributed by atoms with Gasteiger partial charge in [-0.25, -0.2) is 0 Å². The van der Waals surface area contributed by atoms with Crippen LogP contribution in [0.3, 0.4) is 0 Å². The lowest BCUT2D eigenvalue weighted by Gasteiger charge is -2.27. The molecule has 6 N–H and O–H groups in total. The second-order valence-corrected chi connectivity index (χ2v) is 12.4.